The van der Waals surface area contributed by atoms with Crippen LogP contribution in [0.15, 0.2) is 6.07 Å². The second-order valence-corrected chi connectivity index (χ2v) is 6.96. The van der Waals surface area contributed by atoms with E-state index in [-0.39, 0.29) is 0 Å². The second-order valence-electron chi connectivity index (χ2n) is 4.67. The molecule has 2 heterocycles. The smallest absolute Gasteiger partial charge is 0.0991 e. The van der Waals surface area contributed by atoms with Crippen molar-refractivity contribution < 1.29 is 0 Å². The van der Waals surface area contributed by atoms with Gasteiger partial charge in [0.05, 0.1) is 8.67 Å². The van der Waals surface area contributed by atoms with Gasteiger partial charge in [0.2, 0.25) is 0 Å². The minimum Gasteiger partial charge on any atom is -0.330 e. The summed E-state index contributed by atoms with van der Waals surface area (Å²) < 4.78 is 1.59. The molecular weight excluding hydrogens is 275 g/mol. The summed E-state index contributed by atoms with van der Waals surface area (Å²) in [5, 5.41) is 0. The highest BCUT2D eigenvalue weighted by atomic mass is 35.5. The Bertz CT molecular complexity index is 373. The fourth-order valence-electron chi connectivity index (χ4n) is 2.41. The second kappa shape index (κ2) is 5.89. The van der Waals surface area contributed by atoms with Gasteiger partial charge in [0.15, 0.2) is 0 Å². The Labute approximate surface area is 117 Å². The number of halogens is 2. The van der Waals surface area contributed by atoms with E-state index in [0.717, 1.165) is 33.9 Å². The van der Waals surface area contributed by atoms with E-state index >= 15 is 0 Å². The molecule has 1 aromatic heterocycles. The maximum absolute atomic E-state index is 6.20. The zero-order chi connectivity index (χ0) is 12.4. The molecule has 1 atom stereocenters. The molecule has 0 aromatic carbocycles. The zero-order valence-corrected chi connectivity index (χ0v) is 12.3. The van der Waals surface area contributed by atoms with Gasteiger partial charge in [-0.05, 0) is 51.4 Å². The van der Waals surface area contributed by atoms with Crippen molar-refractivity contribution in [2.24, 2.45) is 11.7 Å². The van der Waals surface area contributed by atoms with Crippen LogP contribution in [-0.2, 0) is 0 Å². The third-order valence-corrected chi connectivity index (χ3v) is 5.18. The zero-order valence-electron chi connectivity index (χ0n) is 9.96. The molecule has 0 radical (unpaired) electrons. The largest absolute Gasteiger partial charge is 0.330 e. The Morgan fingerprint density at radius 3 is 2.59 bits per heavy atom. The predicted octanol–water partition coefficient (Wildman–Crippen LogP) is 3.79. The maximum Gasteiger partial charge on any atom is 0.0991 e. The summed E-state index contributed by atoms with van der Waals surface area (Å²) in [5.41, 5.74) is 6.87. The number of nitrogens with zero attached hydrogens (tertiary/aromatic N) is 1. The molecule has 0 bridgehead atoms. The molecule has 0 aliphatic carbocycles. The lowest BCUT2D eigenvalue weighted by Gasteiger charge is -2.35. The Morgan fingerprint density at radius 1 is 1.47 bits per heavy atom. The van der Waals surface area contributed by atoms with Crippen LogP contribution in [0, 0.1) is 5.92 Å². The van der Waals surface area contributed by atoms with Gasteiger partial charge in [-0.25, -0.2) is 0 Å². The van der Waals surface area contributed by atoms with E-state index in [1.54, 1.807) is 0 Å². The van der Waals surface area contributed by atoms with Crippen molar-refractivity contribution in [3.8, 4) is 0 Å². The number of thiophene rings is 1. The highest BCUT2D eigenvalue weighted by molar-refractivity contribution is 7.20. The number of piperidine rings is 1. The third kappa shape index (κ3) is 3.15. The monoisotopic (exact) mass is 292 g/mol. The first-order valence-corrected chi connectivity index (χ1v) is 7.58. The molecule has 5 heteroatoms. The quantitative estimate of drug-likeness (QED) is 0.918. The van der Waals surface area contributed by atoms with Gasteiger partial charge in [-0.2, -0.15) is 0 Å². The van der Waals surface area contributed by atoms with Gasteiger partial charge in [0.25, 0.3) is 0 Å². The molecule has 1 unspecified atom stereocenters. The van der Waals surface area contributed by atoms with Crippen molar-refractivity contribution in [3.63, 3.8) is 0 Å². The number of hydrogen-bond acceptors (Lipinski definition) is 3. The Hall–Kier alpha value is 0.200. The summed E-state index contributed by atoms with van der Waals surface area (Å²) >= 11 is 13.6. The van der Waals surface area contributed by atoms with Crippen molar-refractivity contribution in [2.45, 2.75) is 25.8 Å². The van der Waals surface area contributed by atoms with Crippen LogP contribution in [-0.4, -0.2) is 24.5 Å². The lowest BCUT2D eigenvalue weighted by molar-refractivity contribution is 0.144. The fourth-order valence-corrected chi connectivity index (χ4v) is 4.04. The number of nitrogens with two attached hydrogens (primary N) is 1. The van der Waals surface area contributed by atoms with Crippen LogP contribution in [0.4, 0.5) is 0 Å². The van der Waals surface area contributed by atoms with Crippen molar-refractivity contribution in [1.29, 1.82) is 0 Å². The molecule has 96 valence electrons. The first kappa shape index (κ1) is 13.6. The minimum absolute atomic E-state index is 0.352. The lowest BCUT2D eigenvalue weighted by Crippen LogP contribution is -2.37. The Kier molecular flexibility index (Phi) is 4.72. The number of hydrogen-bond donors (Lipinski definition) is 1. The van der Waals surface area contributed by atoms with Crippen LogP contribution in [0.5, 0.6) is 0 Å². The molecule has 0 spiro atoms. The molecule has 2 nitrogen and oxygen atoms in total. The maximum atomic E-state index is 6.20. The van der Waals surface area contributed by atoms with Crippen molar-refractivity contribution >= 4 is 34.5 Å². The van der Waals surface area contributed by atoms with E-state index in [2.05, 4.69) is 11.8 Å². The average Bonchev–Trinajstić information content (AvgIpc) is 2.68. The summed E-state index contributed by atoms with van der Waals surface area (Å²) in [5.74, 6) is 0.694. The summed E-state index contributed by atoms with van der Waals surface area (Å²) in [6.07, 6.45) is 2.38. The number of rotatable bonds is 3. The molecule has 0 amide bonds. The first-order chi connectivity index (χ1) is 8.11. The van der Waals surface area contributed by atoms with Crippen molar-refractivity contribution in [3.05, 3.63) is 20.3 Å². The Morgan fingerprint density at radius 2 is 2.12 bits per heavy atom. The Balaban J connectivity index is 2.01. The summed E-state index contributed by atoms with van der Waals surface area (Å²) in [6, 6.07) is 2.35. The van der Waals surface area contributed by atoms with Crippen LogP contribution in [0.1, 0.15) is 31.4 Å². The van der Waals surface area contributed by atoms with Gasteiger partial charge >= 0.3 is 0 Å². The van der Waals surface area contributed by atoms with Crippen LogP contribution in [0.3, 0.4) is 0 Å². The molecule has 0 saturated carbocycles. The van der Waals surface area contributed by atoms with E-state index < -0.39 is 0 Å². The summed E-state index contributed by atoms with van der Waals surface area (Å²) in [6.45, 7) is 5.22. The average molecular weight is 293 g/mol. The number of likely N-dealkylation sites (tertiary alicyclic amines) is 1. The van der Waals surface area contributed by atoms with E-state index in [1.807, 2.05) is 6.07 Å². The van der Waals surface area contributed by atoms with Gasteiger partial charge in [-0.1, -0.05) is 23.2 Å². The lowest BCUT2D eigenvalue weighted by atomic mass is 9.95. The van der Waals surface area contributed by atoms with E-state index in [4.69, 9.17) is 28.9 Å². The fraction of sp³-hybridized carbons (Fsp3) is 0.667. The molecule has 1 saturated heterocycles. The minimum atomic E-state index is 0.352. The molecule has 1 fully saturated rings. The summed E-state index contributed by atoms with van der Waals surface area (Å²) in [4.78, 5) is 2.47. The van der Waals surface area contributed by atoms with E-state index in [0.29, 0.717) is 12.0 Å². The summed E-state index contributed by atoms with van der Waals surface area (Å²) in [7, 11) is 0. The van der Waals surface area contributed by atoms with Crippen LogP contribution in [0.2, 0.25) is 8.67 Å². The van der Waals surface area contributed by atoms with E-state index in [1.165, 1.54) is 24.2 Å². The van der Waals surface area contributed by atoms with Crippen molar-refractivity contribution in [2.75, 3.05) is 19.6 Å². The topological polar surface area (TPSA) is 29.3 Å². The normalized spacial score (nSPS) is 20.7. The van der Waals surface area contributed by atoms with E-state index in [9.17, 15) is 0 Å². The molecule has 2 rings (SSSR count). The van der Waals surface area contributed by atoms with Gasteiger partial charge in [0, 0.05) is 11.6 Å². The van der Waals surface area contributed by atoms with Crippen LogP contribution < -0.4 is 5.73 Å². The molecule has 17 heavy (non-hydrogen) atoms. The molecule has 1 aliphatic heterocycles. The molecule has 2 N–H and O–H groups in total. The molecule has 1 aromatic rings. The van der Waals surface area contributed by atoms with Gasteiger partial charge < -0.3 is 5.73 Å². The first-order valence-electron chi connectivity index (χ1n) is 6.00. The SMILES string of the molecule is CC(c1cc(Cl)sc1Cl)N1CCC(CN)CC1. The molecular formula is C12H18Cl2N2S. The standard InChI is InChI=1S/C12H18Cl2N2S/c1-8(10-6-11(13)17-12(10)14)16-4-2-9(7-15)3-5-16/h6,8-9H,2-5,7,15H2,1H3. The van der Waals surface area contributed by atoms with Gasteiger partial charge in [-0.3, -0.25) is 4.90 Å². The predicted molar refractivity (Wildman–Crippen MR) is 76.1 cm³/mol. The van der Waals surface area contributed by atoms with Gasteiger partial charge in [0.1, 0.15) is 0 Å². The van der Waals surface area contributed by atoms with Crippen molar-refractivity contribution in [1.82, 2.24) is 4.90 Å². The van der Waals surface area contributed by atoms with Crippen LogP contribution >= 0.6 is 34.5 Å². The van der Waals surface area contributed by atoms with Gasteiger partial charge in [-0.15, -0.1) is 11.3 Å². The van der Waals surface area contributed by atoms with Crippen LogP contribution in [0.25, 0.3) is 0 Å². The highest BCUT2D eigenvalue weighted by Crippen LogP contribution is 2.38. The molecule has 1 aliphatic rings. The highest BCUT2D eigenvalue weighted by Gasteiger charge is 2.24. The third-order valence-electron chi connectivity index (χ3n) is 3.66.